The molecule has 0 aliphatic carbocycles. The van der Waals surface area contributed by atoms with Crippen molar-refractivity contribution >= 4 is 22.6 Å². The molecule has 0 atom stereocenters. The molecule has 0 radical (unpaired) electrons. The number of hydrogen-bond acceptors (Lipinski definition) is 4. The van der Waals surface area contributed by atoms with Crippen molar-refractivity contribution in [2.45, 2.75) is 13.8 Å². The number of aromatic nitrogens is 3. The molecule has 0 bridgehead atoms. The third-order valence-electron chi connectivity index (χ3n) is 4.92. The average molecular weight is 368 g/mol. The first-order chi connectivity index (χ1) is 12.6. The topological polar surface area (TPSA) is 95.1 Å². The van der Waals surface area contributed by atoms with Crippen LogP contribution in [-0.4, -0.2) is 19.6 Å². The van der Waals surface area contributed by atoms with Crippen molar-refractivity contribution in [1.29, 1.82) is 0 Å². The summed E-state index contributed by atoms with van der Waals surface area (Å²) in [6.45, 7) is 3.79. The van der Waals surface area contributed by atoms with Crippen molar-refractivity contribution in [1.82, 2.24) is 13.7 Å². The summed E-state index contributed by atoms with van der Waals surface area (Å²) in [5.74, 6) is -0.581. The van der Waals surface area contributed by atoms with E-state index in [4.69, 9.17) is 0 Å². The van der Waals surface area contributed by atoms with Crippen LogP contribution in [0.5, 0.6) is 0 Å². The highest BCUT2D eigenvalue weighted by Gasteiger charge is 2.21. The molecule has 27 heavy (non-hydrogen) atoms. The number of carbonyl (C=O) groups is 1. The van der Waals surface area contributed by atoms with Gasteiger partial charge in [0, 0.05) is 32.9 Å². The molecule has 2 aromatic heterocycles. The second-order valence-corrected chi connectivity index (χ2v) is 6.56. The zero-order chi connectivity index (χ0) is 20.0. The second kappa shape index (κ2) is 6.39. The Bertz CT molecular complexity index is 1280. The average Bonchev–Trinajstić information content (AvgIpc) is 2.63. The minimum atomic E-state index is -0.630. The molecule has 2 heterocycles. The number of fused-ring (bicyclic) bond motifs is 1. The van der Waals surface area contributed by atoms with Gasteiger partial charge in [-0.3, -0.25) is 28.1 Å². The van der Waals surface area contributed by atoms with Gasteiger partial charge in [-0.1, -0.05) is 12.1 Å². The molecule has 0 spiro atoms. The Labute approximate surface area is 154 Å². The van der Waals surface area contributed by atoms with Crippen LogP contribution in [0.4, 0.5) is 5.69 Å². The van der Waals surface area contributed by atoms with Crippen LogP contribution < -0.4 is 22.1 Å². The summed E-state index contributed by atoms with van der Waals surface area (Å²) in [6.07, 6.45) is 0. The Hall–Kier alpha value is -3.42. The zero-order valence-electron chi connectivity index (χ0n) is 15.8. The van der Waals surface area contributed by atoms with Gasteiger partial charge in [0.25, 0.3) is 17.0 Å². The van der Waals surface area contributed by atoms with Crippen molar-refractivity contribution in [2.24, 2.45) is 21.1 Å². The van der Waals surface area contributed by atoms with E-state index in [0.29, 0.717) is 5.69 Å². The Morgan fingerprint density at radius 1 is 0.963 bits per heavy atom. The molecule has 1 N–H and O–H groups in total. The molecule has 1 aromatic carbocycles. The molecule has 8 nitrogen and oxygen atoms in total. The van der Waals surface area contributed by atoms with E-state index in [-0.39, 0.29) is 16.6 Å². The van der Waals surface area contributed by atoms with E-state index >= 15 is 0 Å². The number of nitrogens with zero attached hydrogens (tertiary/aromatic N) is 3. The van der Waals surface area contributed by atoms with Crippen LogP contribution in [0.1, 0.15) is 21.5 Å². The Balaban J connectivity index is 2.32. The predicted octanol–water partition coefficient (Wildman–Crippen LogP) is 0.805. The van der Waals surface area contributed by atoms with E-state index < -0.39 is 22.7 Å². The predicted molar refractivity (Wildman–Crippen MR) is 104 cm³/mol. The van der Waals surface area contributed by atoms with E-state index in [1.807, 2.05) is 26.0 Å². The number of hydrogen-bond donors (Lipinski definition) is 1. The van der Waals surface area contributed by atoms with Gasteiger partial charge in [0.1, 0.15) is 5.65 Å². The third kappa shape index (κ3) is 2.79. The van der Waals surface area contributed by atoms with Crippen molar-refractivity contribution in [2.75, 3.05) is 5.32 Å². The first-order valence-corrected chi connectivity index (χ1v) is 8.32. The Morgan fingerprint density at radius 3 is 2.30 bits per heavy atom. The van der Waals surface area contributed by atoms with Gasteiger partial charge in [0.2, 0.25) is 0 Å². The van der Waals surface area contributed by atoms with Gasteiger partial charge in [0.15, 0.2) is 0 Å². The largest absolute Gasteiger partial charge is 0.332 e. The zero-order valence-corrected chi connectivity index (χ0v) is 15.8. The molecule has 1 amide bonds. The second-order valence-electron chi connectivity index (χ2n) is 6.56. The standard InChI is InChI=1S/C19H20N4O4/c1-10-7-6-8-13(11(10)2)20-16(25)12-9-14(24)21(3)17-15(12)18(26)23(5)19(27)22(17)4/h6-9H,1-5H3,(H,20,25). The number of amides is 1. The Morgan fingerprint density at radius 2 is 1.63 bits per heavy atom. The van der Waals surface area contributed by atoms with E-state index in [9.17, 15) is 19.2 Å². The first-order valence-electron chi connectivity index (χ1n) is 8.32. The SMILES string of the molecule is Cc1cccc(NC(=O)c2cc(=O)n(C)c3c2c(=O)n(C)c(=O)n3C)c1C. The number of aryl methyl sites for hydroxylation is 3. The maximum Gasteiger partial charge on any atom is 0.332 e. The third-order valence-corrected chi connectivity index (χ3v) is 4.92. The fourth-order valence-corrected chi connectivity index (χ4v) is 3.11. The van der Waals surface area contributed by atoms with Crippen LogP contribution in [-0.2, 0) is 21.1 Å². The van der Waals surface area contributed by atoms with Gasteiger partial charge in [-0.05, 0) is 31.0 Å². The normalized spacial score (nSPS) is 11.0. The summed E-state index contributed by atoms with van der Waals surface area (Å²) in [6, 6.07) is 6.60. The molecular formula is C19H20N4O4. The van der Waals surface area contributed by atoms with Gasteiger partial charge in [-0.15, -0.1) is 0 Å². The number of anilines is 1. The Kier molecular flexibility index (Phi) is 4.35. The van der Waals surface area contributed by atoms with Gasteiger partial charge in [0.05, 0.1) is 10.9 Å². The monoisotopic (exact) mass is 368 g/mol. The molecule has 0 aliphatic rings. The van der Waals surface area contributed by atoms with Crippen LogP contribution >= 0.6 is 0 Å². The van der Waals surface area contributed by atoms with Crippen LogP contribution in [0.2, 0.25) is 0 Å². The lowest BCUT2D eigenvalue weighted by Gasteiger charge is -2.15. The highest BCUT2D eigenvalue weighted by Crippen LogP contribution is 2.20. The van der Waals surface area contributed by atoms with Gasteiger partial charge in [-0.25, -0.2) is 4.79 Å². The highest BCUT2D eigenvalue weighted by molar-refractivity contribution is 6.12. The van der Waals surface area contributed by atoms with Crippen molar-refractivity contribution in [3.8, 4) is 0 Å². The van der Waals surface area contributed by atoms with Crippen LogP contribution in [0, 0.1) is 13.8 Å². The maximum absolute atomic E-state index is 12.9. The van der Waals surface area contributed by atoms with Crippen molar-refractivity contribution < 1.29 is 4.79 Å². The highest BCUT2D eigenvalue weighted by atomic mass is 16.2. The van der Waals surface area contributed by atoms with Crippen molar-refractivity contribution in [3.63, 3.8) is 0 Å². The molecule has 3 rings (SSSR count). The molecule has 140 valence electrons. The lowest BCUT2D eigenvalue weighted by atomic mass is 10.1. The summed E-state index contributed by atoms with van der Waals surface area (Å²) in [5.41, 5.74) is 0.822. The van der Waals surface area contributed by atoms with E-state index in [1.165, 1.54) is 30.3 Å². The first kappa shape index (κ1) is 18.4. The van der Waals surface area contributed by atoms with Gasteiger partial charge >= 0.3 is 5.69 Å². The number of nitrogens with one attached hydrogen (secondary N) is 1. The summed E-state index contributed by atoms with van der Waals surface area (Å²) >= 11 is 0. The van der Waals surface area contributed by atoms with E-state index in [1.54, 1.807) is 6.07 Å². The molecule has 0 aliphatic heterocycles. The minimum absolute atomic E-state index is 0.0181. The fourth-order valence-electron chi connectivity index (χ4n) is 3.11. The van der Waals surface area contributed by atoms with E-state index in [2.05, 4.69) is 5.32 Å². The van der Waals surface area contributed by atoms with E-state index in [0.717, 1.165) is 21.8 Å². The lowest BCUT2D eigenvalue weighted by molar-refractivity contribution is 0.102. The number of rotatable bonds is 2. The van der Waals surface area contributed by atoms with Crippen LogP contribution in [0.15, 0.2) is 38.6 Å². The molecule has 0 saturated carbocycles. The summed E-state index contributed by atoms with van der Waals surface area (Å²) < 4.78 is 3.29. The van der Waals surface area contributed by atoms with Crippen LogP contribution in [0.25, 0.3) is 11.0 Å². The lowest BCUT2D eigenvalue weighted by Crippen LogP contribution is -2.40. The minimum Gasteiger partial charge on any atom is -0.322 e. The number of carbonyl (C=O) groups excluding carboxylic acids is 1. The van der Waals surface area contributed by atoms with Crippen molar-refractivity contribution in [3.05, 3.63) is 72.1 Å². The smallest absolute Gasteiger partial charge is 0.322 e. The quantitative estimate of drug-likeness (QED) is 0.724. The molecule has 0 fully saturated rings. The molecule has 3 aromatic rings. The summed E-state index contributed by atoms with van der Waals surface area (Å²) in [7, 11) is 4.24. The summed E-state index contributed by atoms with van der Waals surface area (Å²) in [4.78, 5) is 50.2. The molecule has 0 unspecified atom stereocenters. The van der Waals surface area contributed by atoms with Gasteiger partial charge < -0.3 is 5.32 Å². The molecule has 8 heteroatoms. The van der Waals surface area contributed by atoms with Crippen LogP contribution in [0.3, 0.4) is 0 Å². The number of benzene rings is 1. The maximum atomic E-state index is 12.9. The summed E-state index contributed by atoms with van der Waals surface area (Å²) in [5, 5.41) is 2.78. The number of pyridine rings is 1. The molecule has 0 saturated heterocycles. The fraction of sp³-hybridized carbons (Fsp3) is 0.263. The van der Waals surface area contributed by atoms with Gasteiger partial charge in [-0.2, -0.15) is 0 Å². The molecular weight excluding hydrogens is 348 g/mol.